The Morgan fingerprint density at radius 2 is 2.20 bits per heavy atom. The van der Waals surface area contributed by atoms with E-state index in [2.05, 4.69) is 0 Å². The minimum Gasteiger partial charge on any atom is -0.364 e. The first-order chi connectivity index (χ1) is 4.51. The van der Waals surface area contributed by atoms with Crippen molar-refractivity contribution in [1.29, 1.82) is 0 Å². The van der Waals surface area contributed by atoms with E-state index in [4.69, 9.17) is 4.74 Å². The molecule has 58 valence electrons. The predicted molar refractivity (Wildman–Crippen MR) is 37.7 cm³/mol. The summed E-state index contributed by atoms with van der Waals surface area (Å²) in [4.78, 5) is 12.6. The monoisotopic (exact) mass is 143 g/mol. The summed E-state index contributed by atoms with van der Waals surface area (Å²) in [5.74, 6) is 0.0688. The van der Waals surface area contributed by atoms with Crippen molar-refractivity contribution in [2.45, 2.75) is 19.4 Å². The molecule has 0 atom stereocenters. The van der Waals surface area contributed by atoms with Crippen LogP contribution in [0.25, 0.3) is 0 Å². The second kappa shape index (κ2) is 2.23. The highest BCUT2D eigenvalue weighted by Crippen LogP contribution is 2.15. The first-order valence-corrected chi connectivity index (χ1v) is 3.39. The van der Waals surface area contributed by atoms with Crippen molar-refractivity contribution >= 4 is 5.91 Å². The molecule has 1 saturated heterocycles. The number of morpholine rings is 1. The van der Waals surface area contributed by atoms with Crippen LogP contribution in [0, 0.1) is 0 Å². The second-order valence-electron chi connectivity index (χ2n) is 3.30. The summed E-state index contributed by atoms with van der Waals surface area (Å²) in [7, 11) is 1.80. The Labute approximate surface area is 61.0 Å². The molecule has 1 fully saturated rings. The highest BCUT2D eigenvalue weighted by atomic mass is 16.5. The fraction of sp³-hybridized carbons (Fsp3) is 0.857. The van der Waals surface area contributed by atoms with E-state index in [9.17, 15) is 4.79 Å². The minimum absolute atomic E-state index is 0.0688. The fourth-order valence-electron chi connectivity index (χ4n) is 1.07. The van der Waals surface area contributed by atoms with Gasteiger partial charge in [-0.2, -0.15) is 0 Å². The quantitative estimate of drug-likeness (QED) is 0.486. The van der Waals surface area contributed by atoms with Gasteiger partial charge in [-0.15, -0.1) is 0 Å². The van der Waals surface area contributed by atoms with Gasteiger partial charge in [-0.05, 0) is 13.8 Å². The van der Waals surface area contributed by atoms with E-state index in [1.807, 2.05) is 13.8 Å². The van der Waals surface area contributed by atoms with Gasteiger partial charge in [-0.25, -0.2) is 0 Å². The van der Waals surface area contributed by atoms with E-state index in [1.54, 1.807) is 11.9 Å². The summed E-state index contributed by atoms with van der Waals surface area (Å²) in [6.45, 7) is 4.88. The zero-order valence-corrected chi connectivity index (χ0v) is 6.68. The first kappa shape index (κ1) is 7.54. The third-order valence-corrected chi connectivity index (χ3v) is 1.63. The number of likely N-dealkylation sites (N-methyl/N-ethyl adjacent to an activating group) is 1. The lowest BCUT2D eigenvalue weighted by molar-refractivity contribution is -0.156. The SMILES string of the molecule is CN1CC(C)(C)OCC1=O. The van der Waals surface area contributed by atoms with Crippen LogP contribution in [0.4, 0.5) is 0 Å². The number of hydrogen-bond acceptors (Lipinski definition) is 2. The number of rotatable bonds is 0. The van der Waals surface area contributed by atoms with Crippen molar-refractivity contribution in [3.63, 3.8) is 0 Å². The Bertz CT molecular complexity index is 154. The lowest BCUT2D eigenvalue weighted by Gasteiger charge is -2.35. The Kier molecular flexibility index (Phi) is 1.68. The number of amides is 1. The Morgan fingerprint density at radius 1 is 1.60 bits per heavy atom. The highest BCUT2D eigenvalue weighted by Gasteiger charge is 2.29. The number of hydrogen-bond donors (Lipinski definition) is 0. The lowest BCUT2D eigenvalue weighted by Crippen LogP contribution is -2.49. The minimum atomic E-state index is -0.164. The normalized spacial score (nSPS) is 25.1. The molecule has 0 spiro atoms. The number of ether oxygens (including phenoxy) is 1. The van der Waals surface area contributed by atoms with Gasteiger partial charge in [0.1, 0.15) is 6.61 Å². The third-order valence-electron chi connectivity index (χ3n) is 1.63. The fourth-order valence-corrected chi connectivity index (χ4v) is 1.07. The Morgan fingerprint density at radius 3 is 2.60 bits per heavy atom. The van der Waals surface area contributed by atoms with Gasteiger partial charge in [-0.1, -0.05) is 0 Å². The number of nitrogens with zero attached hydrogens (tertiary/aromatic N) is 1. The first-order valence-electron chi connectivity index (χ1n) is 3.39. The van der Waals surface area contributed by atoms with Crippen LogP contribution in [-0.2, 0) is 9.53 Å². The standard InChI is InChI=1S/C7H13NO2/c1-7(2)5-8(3)6(9)4-10-7/h4-5H2,1-3H3. The van der Waals surface area contributed by atoms with Crippen molar-refractivity contribution in [1.82, 2.24) is 4.90 Å². The zero-order valence-electron chi connectivity index (χ0n) is 6.68. The van der Waals surface area contributed by atoms with Crippen LogP contribution in [0.15, 0.2) is 0 Å². The number of carbonyl (C=O) groups is 1. The maximum Gasteiger partial charge on any atom is 0.248 e. The van der Waals surface area contributed by atoms with Gasteiger partial charge in [-0.3, -0.25) is 4.79 Å². The summed E-state index contributed by atoms with van der Waals surface area (Å²) in [6, 6.07) is 0. The molecule has 0 aromatic carbocycles. The van der Waals surface area contributed by atoms with E-state index in [0.717, 1.165) is 0 Å². The van der Waals surface area contributed by atoms with Gasteiger partial charge < -0.3 is 9.64 Å². The van der Waals surface area contributed by atoms with Crippen LogP contribution >= 0.6 is 0 Å². The molecule has 0 saturated carbocycles. The van der Waals surface area contributed by atoms with Gasteiger partial charge in [0.15, 0.2) is 0 Å². The molecule has 0 N–H and O–H groups in total. The molecule has 0 aromatic heterocycles. The third kappa shape index (κ3) is 1.48. The molecule has 0 unspecified atom stereocenters. The van der Waals surface area contributed by atoms with E-state index in [1.165, 1.54) is 0 Å². The van der Waals surface area contributed by atoms with Gasteiger partial charge in [0.05, 0.1) is 5.60 Å². The largest absolute Gasteiger partial charge is 0.364 e. The number of carbonyl (C=O) groups excluding carboxylic acids is 1. The molecule has 10 heavy (non-hydrogen) atoms. The lowest BCUT2D eigenvalue weighted by atomic mass is 10.1. The molecule has 1 amide bonds. The van der Waals surface area contributed by atoms with Crippen molar-refractivity contribution < 1.29 is 9.53 Å². The van der Waals surface area contributed by atoms with Gasteiger partial charge in [0, 0.05) is 13.6 Å². The highest BCUT2D eigenvalue weighted by molar-refractivity contribution is 5.77. The van der Waals surface area contributed by atoms with E-state index in [0.29, 0.717) is 6.54 Å². The smallest absolute Gasteiger partial charge is 0.248 e. The molecule has 1 aliphatic heterocycles. The molecule has 1 rings (SSSR count). The molecule has 1 heterocycles. The zero-order chi connectivity index (χ0) is 7.78. The maximum absolute atomic E-state index is 10.9. The van der Waals surface area contributed by atoms with Gasteiger partial charge in [0.2, 0.25) is 5.91 Å². The molecule has 3 heteroatoms. The molecule has 3 nitrogen and oxygen atoms in total. The van der Waals surface area contributed by atoms with Crippen molar-refractivity contribution in [3.8, 4) is 0 Å². The van der Waals surface area contributed by atoms with Crippen LogP contribution in [0.2, 0.25) is 0 Å². The summed E-state index contributed by atoms with van der Waals surface area (Å²) in [6.07, 6.45) is 0. The summed E-state index contributed by atoms with van der Waals surface area (Å²) in [5, 5.41) is 0. The Balaban J connectivity index is 2.57. The Hall–Kier alpha value is -0.570. The van der Waals surface area contributed by atoms with Gasteiger partial charge in [0.25, 0.3) is 0 Å². The van der Waals surface area contributed by atoms with Crippen LogP contribution in [0.1, 0.15) is 13.8 Å². The second-order valence-corrected chi connectivity index (χ2v) is 3.30. The van der Waals surface area contributed by atoms with Crippen LogP contribution in [0.3, 0.4) is 0 Å². The maximum atomic E-state index is 10.9. The average Bonchev–Trinajstić information content (AvgIpc) is 1.79. The molecule has 0 aromatic rings. The molecule has 1 aliphatic rings. The predicted octanol–water partition coefficient (Wildman–Crippen LogP) is 0.254. The van der Waals surface area contributed by atoms with Crippen molar-refractivity contribution in [2.24, 2.45) is 0 Å². The average molecular weight is 143 g/mol. The molecule has 0 bridgehead atoms. The summed E-state index contributed by atoms with van der Waals surface area (Å²) < 4.78 is 5.26. The van der Waals surface area contributed by atoms with Crippen LogP contribution in [0.5, 0.6) is 0 Å². The summed E-state index contributed by atoms with van der Waals surface area (Å²) in [5.41, 5.74) is -0.164. The molecule has 0 radical (unpaired) electrons. The van der Waals surface area contributed by atoms with E-state index >= 15 is 0 Å². The van der Waals surface area contributed by atoms with E-state index in [-0.39, 0.29) is 18.1 Å². The molecule has 0 aliphatic carbocycles. The molecular formula is C7H13NO2. The van der Waals surface area contributed by atoms with Crippen molar-refractivity contribution in [3.05, 3.63) is 0 Å². The van der Waals surface area contributed by atoms with E-state index < -0.39 is 0 Å². The van der Waals surface area contributed by atoms with Crippen LogP contribution < -0.4 is 0 Å². The van der Waals surface area contributed by atoms with Crippen molar-refractivity contribution in [2.75, 3.05) is 20.2 Å². The topological polar surface area (TPSA) is 29.5 Å². The molecular weight excluding hydrogens is 130 g/mol. The van der Waals surface area contributed by atoms with Crippen LogP contribution in [-0.4, -0.2) is 36.6 Å². The summed E-state index contributed by atoms with van der Waals surface area (Å²) >= 11 is 0. The van der Waals surface area contributed by atoms with Gasteiger partial charge >= 0.3 is 0 Å².